The number of carboxylic acid groups (broad SMARTS) is 1. The third-order valence-corrected chi connectivity index (χ3v) is 4.38. The highest BCUT2D eigenvalue weighted by molar-refractivity contribution is 5.87. The molecule has 1 aromatic heterocycles. The van der Waals surface area contributed by atoms with Crippen molar-refractivity contribution in [3.05, 3.63) is 41.6 Å². The maximum Gasteiger partial charge on any atom is 0.356 e. The smallest absolute Gasteiger partial charge is 0.356 e. The molecule has 1 aromatic carbocycles. The molecule has 2 heterocycles. The van der Waals surface area contributed by atoms with E-state index in [4.69, 9.17) is 5.11 Å². The monoisotopic (exact) mass is 314 g/mol. The molecule has 0 aliphatic carbocycles. The topological polar surface area (TPSA) is 61.6 Å². The van der Waals surface area contributed by atoms with Gasteiger partial charge in [0.05, 0.1) is 5.69 Å². The van der Waals surface area contributed by atoms with Gasteiger partial charge in [0.1, 0.15) is 0 Å². The number of carboxylic acids is 1. The van der Waals surface area contributed by atoms with Gasteiger partial charge in [0.25, 0.3) is 0 Å². The molecule has 6 nitrogen and oxygen atoms in total. The Hall–Kier alpha value is -2.18. The van der Waals surface area contributed by atoms with Crippen LogP contribution in [0.1, 0.15) is 16.1 Å². The first-order valence-corrected chi connectivity index (χ1v) is 7.81. The van der Waals surface area contributed by atoms with Crippen LogP contribution < -0.4 is 0 Å². The molecule has 0 unspecified atom stereocenters. The number of rotatable bonds is 4. The van der Waals surface area contributed by atoms with Crippen LogP contribution in [-0.4, -0.2) is 63.9 Å². The number of hydrogen-bond donors (Lipinski definition) is 1. The Morgan fingerprint density at radius 2 is 1.87 bits per heavy atom. The highest BCUT2D eigenvalue weighted by atomic mass is 16.4. The summed E-state index contributed by atoms with van der Waals surface area (Å²) in [5, 5.41) is 13.2. The van der Waals surface area contributed by atoms with Crippen LogP contribution >= 0.6 is 0 Å². The van der Waals surface area contributed by atoms with Crippen molar-refractivity contribution in [2.24, 2.45) is 7.05 Å². The van der Waals surface area contributed by atoms with Gasteiger partial charge in [0, 0.05) is 45.3 Å². The molecule has 2 aromatic rings. The molecule has 1 fully saturated rings. The van der Waals surface area contributed by atoms with Crippen molar-refractivity contribution in [2.45, 2.75) is 6.54 Å². The van der Waals surface area contributed by atoms with Crippen molar-refractivity contribution in [3.8, 4) is 11.3 Å². The Balaban J connectivity index is 1.87. The lowest BCUT2D eigenvalue weighted by Crippen LogP contribution is -2.43. The number of aryl methyl sites for hydroxylation is 1. The molecule has 0 spiro atoms. The lowest BCUT2D eigenvalue weighted by molar-refractivity contribution is 0.0689. The van der Waals surface area contributed by atoms with Crippen LogP contribution in [0.15, 0.2) is 30.3 Å². The highest BCUT2D eigenvalue weighted by Gasteiger charge is 2.18. The number of aromatic nitrogens is 2. The summed E-state index contributed by atoms with van der Waals surface area (Å²) in [6, 6.07) is 9.81. The largest absolute Gasteiger partial charge is 0.476 e. The van der Waals surface area contributed by atoms with Gasteiger partial charge in [-0.3, -0.25) is 9.58 Å². The van der Waals surface area contributed by atoms with E-state index < -0.39 is 5.97 Å². The van der Waals surface area contributed by atoms with E-state index in [0.717, 1.165) is 44.0 Å². The van der Waals surface area contributed by atoms with Crippen molar-refractivity contribution in [2.75, 3.05) is 33.2 Å². The predicted octanol–water partition coefficient (Wildman–Crippen LogP) is 1.53. The first-order valence-electron chi connectivity index (χ1n) is 7.81. The fraction of sp³-hybridized carbons (Fsp3) is 0.412. The van der Waals surface area contributed by atoms with Gasteiger partial charge >= 0.3 is 5.97 Å². The van der Waals surface area contributed by atoms with E-state index in [9.17, 15) is 4.79 Å². The second kappa shape index (κ2) is 6.52. The average Bonchev–Trinajstić information content (AvgIpc) is 2.92. The van der Waals surface area contributed by atoms with Gasteiger partial charge in [-0.2, -0.15) is 5.10 Å². The standard InChI is InChI=1S/C17H22N4O2/c1-19-7-9-21(10-8-19)12-13-5-3-4-6-14(13)16-11-15(17(22)23)18-20(16)2/h3-6,11H,7-10,12H2,1-2H3,(H,22,23). The molecule has 0 amide bonds. The van der Waals surface area contributed by atoms with Gasteiger partial charge in [-0.05, 0) is 18.7 Å². The summed E-state index contributed by atoms with van der Waals surface area (Å²) in [6.45, 7) is 5.14. The maximum absolute atomic E-state index is 11.1. The number of piperazine rings is 1. The number of nitrogens with zero attached hydrogens (tertiary/aromatic N) is 4. The zero-order chi connectivity index (χ0) is 16.4. The number of carbonyl (C=O) groups is 1. The molecule has 1 N–H and O–H groups in total. The Bertz CT molecular complexity index is 702. The van der Waals surface area contributed by atoms with E-state index in [1.807, 2.05) is 18.2 Å². The molecule has 6 heteroatoms. The SMILES string of the molecule is CN1CCN(Cc2ccccc2-c2cc(C(=O)O)nn2C)CC1. The minimum atomic E-state index is -0.997. The minimum absolute atomic E-state index is 0.0805. The molecule has 23 heavy (non-hydrogen) atoms. The number of aromatic carboxylic acids is 1. The van der Waals surface area contributed by atoms with Crippen LogP contribution in [0.2, 0.25) is 0 Å². The predicted molar refractivity (Wildman–Crippen MR) is 88.4 cm³/mol. The molecular weight excluding hydrogens is 292 g/mol. The molecule has 1 aliphatic rings. The van der Waals surface area contributed by atoms with Gasteiger partial charge < -0.3 is 10.0 Å². The molecular formula is C17H22N4O2. The molecule has 1 aliphatic heterocycles. The lowest BCUT2D eigenvalue weighted by Gasteiger charge is -2.32. The van der Waals surface area contributed by atoms with Crippen molar-refractivity contribution in [1.82, 2.24) is 19.6 Å². The summed E-state index contributed by atoms with van der Waals surface area (Å²) in [4.78, 5) is 15.9. The van der Waals surface area contributed by atoms with Crippen LogP contribution in [0.4, 0.5) is 0 Å². The van der Waals surface area contributed by atoms with E-state index in [1.165, 1.54) is 5.56 Å². The number of benzene rings is 1. The first-order chi connectivity index (χ1) is 11.0. The summed E-state index contributed by atoms with van der Waals surface area (Å²) >= 11 is 0. The van der Waals surface area contributed by atoms with Gasteiger partial charge in [0.2, 0.25) is 0 Å². The first kappa shape index (κ1) is 15.7. The zero-order valence-corrected chi connectivity index (χ0v) is 13.6. The molecule has 0 saturated carbocycles. The summed E-state index contributed by atoms with van der Waals surface area (Å²) in [5.41, 5.74) is 3.18. The Morgan fingerprint density at radius 3 is 2.52 bits per heavy atom. The fourth-order valence-electron chi connectivity index (χ4n) is 2.98. The van der Waals surface area contributed by atoms with Crippen molar-refractivity contribution in [3.63, 3.8) is 0 Å². The van der Waals surface area contributed by atoms with Crippen LogP contribution in [0.3, 0.4) is 0 Å². The van der Waals surface area contributed by atoms with Gasteiger partial charge in [-0.25, -0.2) is 4.79 Å². The molecule has 0 atom stereocenters. The maximum atomic E-state index is 11.1. The quantitative estimate of drug-likeness (QED) is 0.927. The summed E-state index contributed by atoms with van der Waals surface area (Å²) < 4.78 is 1.65. The van der Waals surface area contributed by atoms with Crippen LogP contribution in [0.25, 0.3) is 11.3 Å². The second-order valence-electron chi connectivity index (χ2n) is 6.08. The van der Waals surface area contributed by atoms with E-state index in [2.05, 4.69) is 28.0 Å². The Labute approximate surface area is 135 Å². The van der Waals surface area contributed by atoms with Crippen LogP contribution in [-0.2, 0) is 13.6 Å². The summed E-state index contributed by atoms with van der Waals surface area (Å²) in [6.07, 6.45) is 0. The Kier molecular flexibility index (Phi) is 4.45. The molecule has 0 radical (unpaired) electrons. The van der Waals surface area contributed by atoms with Crippen LogP contribution in [0, 0.1) is 0 Å². The summed E-state index contributed by atoms with van der Waals surface area (Å²) in [5.74, 6) is -0.997. The van der Waals surface area contributed by atoms with E-state index in [-0.39, 0.29) is 5.69 Å². The van der Waals surface area contributed by atoms with Crippen LogP contribution in [0.5, 0.6) is 0 Å². The van der Waals surface area contributed by atoms with Gasteiger partial charge in [-0.1, -0.05) is 24.3 Å². The van der Waals surface area contributed by atoms with Crippen molar-refractivity contribution in [1.29, 1.82) is 0 Å². The zero-order valence-electron chi connectivity index (χ0n) is 13.6. The number of hydrogen-bond acceptors (Lipinski definition) is 4. The molecule has 0 bridgehead atoms. The van der Waals surface area contributed by atoms with E-state index in [0.29, 0.717) is 0 Å². The molecule has 3 rings (SSSR count). The Morgan fingerprint density at radius 1 is 1.17 bits per heavy atom. The average molecular weight is 314 g/mol. The molecule has 122 valence electrons. The normalized spacial score (nSPS) is 16.6. The van der Waals surface area contributed by atoms with E-state index in [1.54, 1.807) is 17.8 Å². The fourth-order valence-corrected chi connectivity index (χ4v) is 2.98. The second-order valence-corrected chi connectivity index (χ2v) is 6.08. The third-order valence-electron chi connectivity index (χ3n) is 4.38. The van der Waals surface area contributed by atoms with Crippen molar-refractivity contribution < 1.29 is 9.90 Å². The van der Waals surface area contributed by atoms with Crippen molar-refractivity contribution >= 4 is 5.97 Å². The minimum Gasteiger partial charge on any atom is -0.476 e. The third kappa shape index (κ3) is 3.43. The number of likely N-dealkylation sites (N-methyl/N-ethyl adjacent to an activating group) is 1. The van der Waals surface area contributed by atoms with Gasteiger partial charge in [-0.15, -0.1) is 0 Å². The van der Waals surface area contributed by atoms with Gasteiger partial charge in [0.15, 0.2) is 5.69 Å². The summed E-state index contributed by atoms with van der Waals surface area (Å²) in [7, 11) is 3.93. The highest BCUT2D eigenvalue weighted by Crippen LogP contribution is 2.25. The van der Waals surface area contributed by atoms with E-state index >= 15 is 0 Å². The lowest BCUT2D eigenvalue weighted by atomic mass is 10.0. The molecule has 1 saturated heterocycles.